The second kappa shape index (κ2) is 5.31. The van der Waals surface area contributed by atoms with Crippen molar-refractivity contribution in [3.63, 3.8) is 0 Å². The molecule has 0 aliphatic heterocycles. The number of amides is 1. The Morgan fingerprint density at radius 1 is 1.53 bits per heavy atom. The molecule has 0 fully saturated rings. The van der Waals surface area contributed by atoms with Crippen molar-refractivity contribution in [2.24, 2.45) is 7.05 Å². The van der Waals surface area contributed by atoms with Crippen molar-refractivity contribution in [2.75, 3.05) is 6.54 Å². The van der Waals surface area contributed by atoms with E-state index in [2.05, 4.69) is 5.10 Å². The van der Waals surface area contributed by atoms with Gasteiger partial charge in [0.25, 0.3) is 5.91 Å². The number of aryl methyl sites for hydroxylation is 1. The average Bonchev–Trinajstić information content (AvgIpc) is 2.55. The largest absolute Gasteiger partial charge is 0.392 e. The highest BCUT2D eigenvalue weighted by molar-refractivity contribution is 5.95. The SMILES string of the molecule is Cc1c(C(=O)N(CC(C)O)C(C)C)cnn1C. The summed E-state index contributed by atoms with van der Waals surface area (Å²) < 4.78 is 1.67. The van der Waals surface area contributed by atoms with Crippen molar-refractivity contribution in [1.82, 2.24) is 14.7 Å². The van der Waals surface area contributed by atoms with E-state index < -0.39 is 6.10 Å². The molecule has 1 atom stereocenters. The van der Waals surface area contributed by atoms with Crippen molar-refractivity contribution < 1.29 is 9.90 Å². The van der Waals surface area contributed by atoms with Gasteiger partial charge in [-0.25, -0.2) is 0 Å². The highest BCUT2D eigenvalue weighted by Crippen LogP contribution is 2.12. The van der Waals surface area contributed by atoms with Crippen molar-refractivity contribution in [3.8, 4) is 0 Å². The first-order chi connectivity index (χ1) is 7.84. The summed E-state index contributed by atoms with van der Waals surface area (Å²) >= 11 is 0. The van der Waals surface area contributed by atoms with Gasteiger partial charge in [0, 0.05) is 25.3 Å². The maximum absolute atomic E-state index is 12.3. The summed E-state index contributed by atoms with van der Waals surface area (Å²) in [5, 5.41) is 13.5. The lowest BCUT2D eigenvalue weighted by atomic mass is 10.2. The van der Waals surface area contributed by atoms with E-state index in [0.29, 0.717) is 12.1 Å². The Morgan fingerprint density at radius 2 is 2.12 bits per heavy atom. The molecule has 1 aromatic heterocycles. The first-order valence-corrected chi connectivity index (χ1v) is 5.82. The molecule has 96 valence electrons. The quantitative estimate of drug-likeness (QED) is 0.851. The molecule has 1 rings (SSSR count). The van der Waals surface area contributed by atoms with E-state index in [1.54, 1.807) is 29.7 Å². The normalized spacial score (nSPS) is 12.9. The van der Waals surface area contributed by atoms with Gasteiger partial charge in [0.15, 0.2) is 0 Å². The molecule has 0 radical (unpaired) electrons. The average molecular weight is 239 g/mol. The van der Waals surface area contributed by atoms with Gasteiger partial charge in [-0.1, -0.05) is 0 Å². The van der Waals surface area contributed by atoms with Crippen molar-refractivity contribution in [1.29, 1.82) is 0 Å². The van der Waals surface area contributed by atoms with Gasteiger partial charge >= 0.3 is 0 Å². The minimum atomic E-state index is -0.529. The van der Waals surface area contributed by atoms with Crippen molar-refractivity contribution in [2.45, 2.75) is 39.8 Å². The Hall–Kier alpha value is -1.36. The smallest absolute Gasteiger partial charge is 0.257 e. The first-order valence-electron chi connectivity index (χ1n) is 5.82. The lowest BCUT2D eigenvalue weighted by molar-refractivity contribution is 0.0578. The van der Waals surface area contributed by atoms with Crippen LogP contribution in [0.1, 0.15) is 36.8 Å². The monoisotopic (exact) mass is 239 g/mol. The lowest BCUT2D eigenvalue weighted by Gasteiger charge is -2.27. The van der Waals surface area contributed by atoms with Crippen LogP contribution in [0.2, 0.25) is 0 Å². The summed E-state index contributed by atoms with van der Waals surface area (Å²) in [5.74, 6) is -0.0773. The molecular weight excluding hydrogens is 218 g/mol. The van der Waals surface area contributed by atoms with Gasteiger partial charge in [-0.3, -0.25) is 9.48 Å². The van der Waals surface area contributed by atoms with Gasteiger partial charge in [0.05, 0.1) is 17.9 Å². The molecule has 0 saturated carbocycles. The number of carbonyl (C=O) groups is 1. The fourth-order valence-corrected chi connectivity index (χ4v) is 1.68. The van der Waals surface area contributed by atoms with E-state index in [1.165, 1.54) is 0 Å². The minimum absolute atomic E-state index is 0.0525. The molecule has 1 amide bonds. The Balaban J connectivity index is 2.96. The molecule has 0 aromatic carbocycles. The van der Waals surface area contributed by atoms with Gasteiger partial charge in [0.2, 0.25) is 0 Å². The molecule has 0 spiro atoms. The molecular formula is C12H21N3O2. The van der Waals surface area contributed by atoms with Crippen LogP contribution in [0.15, 0.2) is 6.20 Å². The molecule has 1 aromatic rings. The van der Waals surface area contributed by atoms with Crippen LogP contribution in [0.4, 0.5) is 0 Å². The Bertz CT molecular complexity index is 396. The number of hydrogen-bond acceptors (Lipinski definition) is 3. The van der Waals surface area contributed by atoms with Crippen LogP contribution in [0.5, 0.6) is 0 Å². The van der Waals surface area contributed by atoms with E-state index in [1.807, 2.05) is 20.8 Å². The van der Waals surface area contributed by atoms with E-state index in [0.717, 1.165) is 5.69 Å². The topological polar surface area (TPSA) is 58.4 Å². The predicted octanol–water partition coefficient (Wildman–Crippen LogP) is 0.960. The van der Waals surface area contributed by atoms with E-state index in [-0.39, 0.29) is 11.9 Å². The van der Waals surface area contributed by atoms with Crippen molar-refractivity contribution >= 4 is 5.91 Å². The van der Waals surface area contributed by atoms with Gasteiger partial charge in [0.1, 0.15) is 0 Å². The summed E-state index contributed by atoms with van der Waals surface area (Å²) in [6.07, 6.45) is 1.05. The number of aliphatic hydroxyl groups is 1. The number of carbonyl (C=O) groups excluding carboxylic acids is 1. The van der Waals surface area contributed by atoms with Crippen LogP contribution in [0.25, 0.3) is 0 Å². The van der Waals surface area contributed by atoms with Crippen LogP contribution >= 0.6 is 0 Å². The number of hydrogen-bond donors (Lipinski definition) is 1. The molecule has 0 saturated heterocycles. The molecule has 5 heteroatoms. The van der Waals surface area contributed by atoms with Gasteiger partial charge in [-0.2, -0.15) is 5.10 Å². The Morgan fingerprint density at radius 3 is 2.47 bits per heavy atom. The van der Waals surface area contributed by atoms with Gasteiger partial charge < -0.3 is 10.0 Å². The third-order valence-corrected chi connectivity index (χ3v) is 2.81. The second-order valence-corrected chi connectivity index (χ2v) is 4.67. The molecule has 1 heterocycles. The molecule has 1 N–H and O–H groups in total. The van der Waals surface area contributed by atoms with Crippen LogP contribution in [-0.2, 0) is 7.05 Å². The van der Waals surface area contributed by atoms with E-state index in [4.69, 9.17) is 0 Å². The molecule has 0 bridgehead atoms. The number of aromatic nitrogens is 2. The number of rotatable bonds is 4. The van der Waals surface area contributed by atoms with Crippen LogP contribution in [-0.4, -0.2) is 44.4 Å². The third-order valence-electron chi connectivity index (χ3n) is 2.81. The molecule has 17 heavy (non-hydrogen) atoms. The molecule has 0 aliphatic carbocycles. The standard InChI is InChI=1S/C12H21N3O2/c1-8(2)15(7-9(3)16)12(17)11-6-13-14(5)10(11)4/h6,8-9,16H,7H2,1-5H3. The summed E-state index contributed by atoms with van der Waals surface area (Å²) in [6.45, 7) is 7.75. The number of nitrogens with zero attached hydrogens (tertiary/aromatic N) is 3. The van der Waals surface area contributed by atoms with Crippen LogP contribution < -0.4 is 0 Å². The third kappa shape index (κ3) is 3.06. The highest BCUT2D eigenvalue weighted by Gasteiger charge is 2.23. The highest BCUT2D eigenvalue weighted by atomic mass is 16.3. The maximum Gasteiger partial charge on any atom is 0.257 e. The minimum Gasteiger partial charge on any atom is -0.392 e. The maximum atomic E-state index is 12.3. The van der Waals surface area contributed by atoms with Crippen LogP contribution in [0.3, 0.4) is 0 Å². The zero-order valence-corrected chi connectivity index (χ0v) is 11.1. The first kappa shape index (κ1) is 13.7. The Labute approximate surface area is 102 Å². The van der Waals surface area contributed by atoms with Gasteiger partial charge in [-0.05, 0) is 27.7 Å². The zero-order chi connectivity index (χ0) is 13.2. The summed E-state index contributed by atoms with van der Waals surface area (Å²) in [5.41, 5.74) is 1.44. The molecule has 5 nitrogen and oxygen atoms in total. The van der Waals surface area contributed by atoms with Crippen molar-refractivity contribution in [3.05, 3.63) is 17.5 Å². The fraction of sp³-hybridized carbons (Fsp3) is 0.667. The van der Waals surface area contributed by atoms with E-state index in [9.17, 15) is 9.90 Å². The summed E-state index contributed by atoms with van der Waals surface area (Å²) in [6, 6.07) is 0.0525. The molecule has 1 unspecified atom stereocenters. The lowest BCUT2D eigenvalue weighted by Crippen LogP contribution is -2.41. The van der Waals surface area contributed by atoms with Gasteiger partial charge in [-0.15, -0.1) is 0 Å². The zero-order valence-electron chi connectivity index (χ0n) is 11.1. The second-order valence-electron chi connectivity index (χ2n) is 4.67. The summed E-state index contributed by atoms with van der Waals surface area (Å²) in [7, 11) is 1.81. The Kier molecular flexibility index (Phi) is 4.28. The van der Waals surface area contributed by atoms with E-state index >= 15 is 0 Å². The summed E-state index contributed by atoms with van der Waals surface area (Å²) in [4.78, 5) is 14.0. The predicted molar refractivity (Wildman–Crippen MR) is 65.8 cm³/mol. The number of aliphatic hydroxyl groups excluding tert-OH is 1. The fourth-order valence-electron chi connectivity index (χ4n) is 1.68. The van der Waals surface area contributed by atoms with Crippen LogP contribution in [0, 0.1) is 6.92 Å². The molecule has 0 aliphatic rings.